The molecule has 0 spiro atoms. The van der Waals surface area contributed by atoms with Crippen LogP contribution in [0.2, 0.25) is 10.0 Å². The summed E-state index contributed by atoms with van der Waals surface area (Å²) in [4.78, 5) is 24.9. The van der Waals surface area contributed by atoms with Crippen LogP contribution in [0.1, 0.15) is 34.3 Å². The smallest absolute Gasteiger partial charge is 0.338 e. The predicted molar refractivity (Wildman–Crippen MR) is 116 cm³/mol. The van der Waals surface area contributed by atoms with Gasteiger partial charge in [0, 0.05) is 15.7 Å². The van der Waals surface area contributed by atoms with Gasteiger partial charge in [0.15, 0.2) is 0 Å². The van der Waals surface area contributed by atoms with E-state index in [-0.39, 0.29) is 5.91 Å². The van der Waals surface area contributed by atoms with Crippen molar-refractivity contribution in [3.05, 3.63) is 99.5 Å². The van der Waals surface area contributed by atoms with E-state index in [9.17, 15) is 9.59 Å². The zero-order valence-electron chi connectivity index (χ0n) is 15.7. The zero-order chi connectivity index (χ0) is 20.8. The van der Waals surface area contributed by atoms with Crippen molar-refractivity contribution in [2.24, 2.45) is 0 Å². The lowest BCUT2D eigenvalue weighted by Gasteiger charge is -2.18. The van der Waals surface area contributed by atoms with Gasteiger partial charge in [-0.15, -0.1) is 0 Å². The standard InChI is InChI=1S/C23H19Cl2NO3/c1-2-29-23(28)17-7-13-20(14-8-17)26-22(27)21(15-3-9-18(24)10-4-15)16-5-11-19(25)12-6-16/h3-14,21H,2H2,1H3,(H,26,27). The third-order valence-corrected chi connectivity index (χ3v) is 4.84. The van der Waals surface area contributed by atoms with Gasteiger partial charge in [0.2, 0.25) is 5.91 Å². The van der Waals surface area contributed by atoms with Crippen molar-refractivity contribution >= 4 is 40.8 Å². The van der Waals surface area contributed by atoms with Gasteiger partial charge in [-0.1, -0.05) is 47.5 Å². The Morgan fingerprint density at radius 1 is 0.828 bits per heavy atom. The van der Waals surface area contributed by atoms with Crippen LogP contribution in [0.25, 0.3) is 0 Å². The number of anilines is 1. The van der Waals surface area contributed by atoms with Crippen LogP contribution in [0.4, 0.5) is 5.69 Å². The average Bonchev–Trinajstić information content (AvgIpc) is 2.72. The fourth-order valence-corrected chi connectivity index (χ4v) is 3.18. The highest BCUT2D eigenvalue weighted by Crippen LogP contribution is 2.28. The summed E-state index contributed by atoms with van der Waals surface area (Å²) in [7, 11) is 0. The molecule has 0 radical (unpaired) electrons. The number of halogens is 2. The average molecular weight is 428 g/mol. The highest BCUT2D eigenvalue weighted by molar-refractivity contribution is 6.30. The molecule has 1 amide bonds. The van der Waals surface area contributed by atoms with Crippen molar-refractivity contribution in [2.75, 3.05) is 11.9 Å². The van der Waals surface area contributed by atoms with Crippen molar-refractivity contribution in [3.63, 3.8) is 0 Å². The molecule has 0 bridgehead atoms. The SMILES string of the molecule is CCOC(=O)c1ccc(NC(=O)C(c2ccc(Cl)cc2)c2ccc(Cl)cc2)cc1. The molecule has 0 aromatic heterocycles. The van der Waals surface area contributed by atoms with Crippen molar-refractivity contribution in [2.45, 2.75) is 12.8 Å². The molecule has 3 aromatic rings. The number of esters is 1. The van der Waals surface area contributed by atoms with Gasteiger partial charge in [0.1, 0.15) is 0 Å². The maximum atomic E-state index is 13.1. The highest BCUT2D eigenvalue weighted by Gasteiger charge is 2.23. The van der Waals surface area contributed by atoms with Gasteiger partial charge >= 0.3 is 5.97 Å². The van der Waals surface area contributed by atoms with Crippen LogP contribution in [0.3, 0.4) is 0 Å². The molecule has 3 aromatic carbocycles. The first-order valence-electron chi connectivity index (χ1n) is 9.07. The minimum absolute atomic E-state index is 0.210. The Morgan fingerprint density at radius 3 is 1.76 bits per heavy atom. The van der Waals surface area contributed by atoms with Gasteiger partial charge in [0.05, 0.1) is 18.1 Å². The third kappa shape index (κ3) is 5.37. The predicted octanol–water partition coefficient (Wildman–Crippen LogP) is 5.94. The number of hydrogen-bond donors (Lipinski definition) is 1. The molecule has 0 unspecified atom stereocenters. The minimum Gasteiger partial charge on any atom is -0.462 e. The van der Waals surface area contributed by atoms with Crippen LogP contribution in [0.5, 0.6) is 0 Å². The van der Waals surface area contributed by atoms with E-state index in [0.29, 0.717) is 27.9 Å². The molecule has 0 aliphatic heterocycles. The Hall–Kier alpha value is -2.82. The third-order valence-electron chi connectivity index (χ3n) is 4.33. The second kappa shape index (κ2) is 9.59. The molecule has 1 N–H and O–H groups in total. The van der Waals surface area contributed by atoms with Crippen LogP contribution in [0.15, 0.2) is 72.8 Å². The van der Waals surface area contributed by atoms with Gasteiger partial charge in [-0.2, -0.15) is 0 Å². The van der Waals surface area contributed by atoms with Crippen LogP contribution in [-0.4, -0.2) is 18.5 Å². The van der Waals surface area contributed by atoms with Crippen molar-refractivity contribution in [1.82, 2.24) is 0 Å². The molecular formula is C23H19Cl2NO3. The minimum atomic E-state index is -0.547. The first kappa shape index (κ1) is 20.9. The van der Waals surface area contributed by atoms with Gasteiger partial charge in [-0.25, -0.2) is 4.79 Å². The van der Waals surface area contributed by atoms with E-state index in [1.54, 1.807) is 55.5 Å². The van der Waals surface area contributed by atoms with E-state index in [4.69, 9.17) is 27.9 Å². The maximum absolute atomic E-state index is 13.1. The lowest BCUT2D eigenvalue weighted by molar-refractivity contribution is -0.116. The van der Waals surface area contributed by atoms with E-state index >= 15 is 0 Å². The summed E-state index contributed by atoms with van der Waals surface area (Å²) < 4.78 is 4.97. The fourth-order valence-electron chi connectivity index (χ4n) is 2.92. The molecule has 4 nitrogen and oxygen atoms in total. The number of hydrogen-bond acceptors (Lipinski definition) is 3. The Kier molecular flexibility index (Phi) is 6.91. The van der Waals surface area contributed by atoms with Crippen molar-refractivity contribution < 1.29 is 14.3 Å². The molecule has 29 heavy (non-hydrogen) atoms. The molecule has 0 fully saturated rings. The molecule has 0 heterocycles. The van der Waals surface area contributed by atoms with Gasteiger partial charge < -0.3 is 10.1 Å². The monoisotopic (exact) mass is 427 g/mol. The zero-order valence-corrected chi connectivity index (χ0v) is 17.2. The summed E-state index contributed by atoms with van der Waals surface area (Å²) in [5, 5.41) is 4.10. The normalized spacial score (nSPS) is 10.6. The Morgan fingerprint density at radius 2 is 1.31 bits per heavy atom. The van der Waals surface area contributed by atoms with Crippen LogP contribution in [0, 0.1) is 0 Å². The second-order valence-corrected chi connectivity index (χ2v) is 7.20. The summed E-state index contributed by atoms with van der Waals surface area (Å²) in [6.45, 7) is 2.06. The molecule has 0 aliphatic rings. The first-order valence-corrected chi connectivity index (χ1v) is 9.82. The summed E-state index contributed by atoms with van der Waals surface area (Å²) >= 11 is 12.0. The van der Waals surface area contributed by atoms with Crippen molar-refractivity contribution in [1.29, 1.82) is 0 Å². The lowest BCUT2D eigenvalue weighted by atomic mass is 9.90. The molecule has 0 saturated heterocycles. The number of nitrogens with one attached hydrogen (secondary N) is 1. The van der Waals surface area contributed by atoms with Crippen molar-refractivity contribution in [3.8, 4) is 0 Å². The van der Waals surface area contributed by atoms with Gasteiger partial charge in [-0.05, 0) is 66.6 Å². The Balaban J connectivity index is 1.85. The summed E-state index contributed by atoms with van der Waals surface area (Å²) in [5.41, 5.74) is 2.61. The number of rotatable bonds is 6. The topological polar surface area (TPSA) is 55.4 Å². The van der Waals surface area contributed by atoms with Gasteiger partial charge in [0.25, 0.3) is 0 Å². The molecule has 3 rings (SSSR count). The van der Waals surface area contributed by atoms with E-state index < -0.39 is 11.9 Å². The Labute approximate surface area is 179 Å². The molecule has 0 atom stereocenters. The quantitative estimate of drug-likeness (QED) is 0.495. The number of amides is 1. The molecule has 148 valence electrons. The summed E-state index contributed by atoms with van der Waals surface area (Å²) in [6.07, 6.45) is 0. The molecule has 6 heteroatoms. The van der Waals surface area contributed by atoms with Crippen LogP contribution in [-0.2, 0) is 9.53 Å². The highest BCUT2D eigenvalue weighted by atomic mass is 35.5. The largest absolute Gasteiger partial charge is 0.462 e. The van der Waals surface area contributed by atoms with Crippen LogP contribution >= 0.6 is 23.2 Å². The van der Waals surface area contributed by atoms with Gasteiger partial charge in [-0.3, -0.25) is 4.79 Å². The summed E-state index contributed by atoms with van der Waals surface area (Å²) in [6, 6.07) is 20.9. The lowest BCUT2D eigenvalue weighted by Crippen LogP contribution is -2.22. The fraction of sp³-hybridized carbons (Fsp3) is 0.130. The first-order chi connectivity index (χ1) is 14.0. The number of carbonyl (C=O) groups excluding carboxylic acids is 2. The summed E-state index contributed by atoms with van der Waals surface area (Å²) in [5.74, 6) is -1.15. The van der Waals surface area contributed by atoms with Crippen LogP contribution < -0.4 is 5.32 Å². The number of ether oxygens (including phenoxy) is 1. The molecule has 0 saturated carbocycles. The van der Waals surface area contributed by atoms with E-state index in [1.807, 2.05) is 24.3 Å². The molecule has 0 aliphatic carbocycles. The maximum Gasteiger partial charge on any atom is 0.338 e. The Bertz CT molecular complexity index is 939. The van der Waals surface area contributed by atoms with E-state index in [1.165, 1.54) is 0 Å². The van der Waals surface area contributed by atoms with E-state index in [2.05, 4.69) is 5.32 Å². The molecular weight excluding hydrogens is 409 g/mol. The number of carbonyl (C=O) groups is 2. The number of benzene rings is 3. The van der Waals surface area contributed by atoms with E-state index in [0.717, 1.165) is 11.1 Å². The second-order valence-electron chi connectivity index (χ2n) is 6.32.